The minimum atomic E-state index is -0.471. The third-order valence-corrected chi connectivity index (χ3v) is 4.17. The molecule has 0 bridgehead atoms. The van der Waals surface area contributed by atoms with E-state index in [1.54, 1.807) is 16.7 Å². The Morgan fingerprint density at radius 2 is 1.75 bits per heavy atom. The molecule has 120 valence electrons. The van der Waals surface area contributed by atoms with Crippen LogP contribution in [0.3, 0.4) is 0 Å². The average Bonchev–Trinajstić information content (AvgIpc) is 2.62. The first-order chi connectivity index (χ1) is 11.6. The zero-order valence-electron chi connectivity index (χ0n) is 12.7. The van der Waals surface area contributed by atoms with Crippen LogP contribution in [0.2, 0.25) is 0 Å². The number of nitro groups is 1. The molecule has 24 heavy (non-hydrogen) atoms. The summed E-state index contributed by atoms with van der Waals surface area (Å²) in [5, 5.41) is 11.3. The summed E-state index contributed by atoms with van der Waals surface area (Å²) in [6.45, 7) is 0. The predicted octanol–water partition coefficient (Wildman–Crippen LogP) is 3.53. The Morgan fingerprint density at radius 1 is 1.08 bits per heavy atom. The Morgan fingerprint density at radius 3 is 2.33 bits per heavy atom. The zero-order valence-corrected chi connectivity index (χ0v) is 13.6. The predicted molar refractivity (Wildman–Crippen MR) is 93.7 cm³/mol. The van der Waals surface area contributed by atoms with Crippen LogP contribution in [0.15, 0.2) is 70.7 Å². The number of nitro benzene ring substituents is 1. The summed E-state index contributed by atoms with van der Waals surface area (Å²) in [6, 6.07) is 15.1. The fourth-order valence-electron chi connectivity index (χ4n) is 2.35. The molecule has 0 aliphatic heterocycles. The van der Waals surface area contributed by atoms with Gasteiger partial charge in [-0.3, -0.25) is 19.5 Å². The molecule has 0 spiro atoms. The van der Waals surface area contributed by atoms with Gasteiger partial charge in [0.25, 0.3) is 11.2 Å². The highest BCUT2D eigenvalue weighted by Crippen LogP contribution is 2.22. The molecule has 0 saturated carbocycles. The lowest BCUT2D eigenvalue weighted by atomic mass is 10.1. The van der Waals surface area contributed by atoms with E-state index in [2.05, 4.69) is 4.98 Å². The Kier molecular flexibility index (Phi) is 4.43. The molecular formula is C17H13N3O3S. The Labute approximate surface area is 141 Å². The van der Waals surface area contributed by atoms with E-state index in [-0.39, 0.29) is 11.2 Å². The highest BCUT2D eigenvalue weighted by molar-refractivity contribution is 7.98. The number of non-ortho nitro benzene ring substituents is 1. The van der Waals surface area contributed by atoms with Crippen molar-refractivity contribution in [3.63, 3.8) is 0 Å². The first kappa shape index (κ1) is 15.9. The minimum absolute atomic E-state index is 0.0178. The molecule has 3 rings (SSSR count). The number of para-hydroxylation sites is 1. The summed E-state index contributed by atoms with van der Waals surface area (Å²) in [5.74, 6) is 0. The lowest BCUT2D eigenvalue weighted by molar-refractivity contribution is -0.384. The Balaban J connectivity index is 2.17. The van der Waals surface area contributed by atoms with Gasteiger partial charge < -0.3 is 0 Å². The SMILES string of the molecule is CSc1ncc(-c2ccc([N+](=O)[O-])cc2)c(=O)n1-c1ccccc1. The van der Waals surface area contributed by atoms with E-state index in [1.807, 2.05) is 36.6 Å². The van der Waals surface area contributed by atoms with Crippen LogP contribution in [0.25, 0.3) is 16.8 Å². The number of hydrogen-bond donors (Lipinski definition) is 0. The van der Waals surface area contributed by atoms with Gasteiger partial charge in [-0.2, -0.15) is 0 Å². The lowest BCUT2D eigenvalue weighted by Crippen LogP contribution is -2.22. The van der Waals surface area contributed by atoms with Gasteiger partial charge in [-0.25, -0.2) is 4.98 Å². The van der Waals surface area contributed by atoms with E-state index < -0.39 is 4.92 Å². The average molecular weight is 339 g/mol. The zero-order chi connectivity index (χ0) is 17.1. The molecule has 0 saturated heterocycles. The smallest absolute Gasteiger partial charge is 0.268 e. The molecule has 0 atom stereocenters. The van der Waals surface area contributed by atoms with E-state index in [1.165, 1.54) is 30.1 Å². The van der Waals surface area contributed by atoms with Crippen molar-refractivity contribution in [1.82, 2.24) is 9.55 Å². The molecular weight excluding hydrogens is 326 g/mol. The summed E-state index contributed by atoms with van der Waals surface area (Å²) < 4.78 is 1.54. The van der Waals surface area contributed by atoms with Crippen LogP contribution >= 0.6 is 11.8 Å². The van der Waals surface area contributed by atoms with Crippen LogP contribution in [0.1, 0.15) is 0 Å². The molecule has 0 fully saturated rings. The molecule has 1 aromatic heterocycles. The molecule has 1 heterocycles. The second-order valence-electron chi connectivity index (χ2n) is 4.94. The number of benzene rings is 2. The van der Waals surface area contributed by atoms with Gasteiger partial charge in [-0.1, -0.05) is 30.0 Å². The first-order valence-electron chi connectivity index (χ1n) is 7.08. The van der Waals surface area contributed by atoms with Gasteiger partial charge >= 0.3 is 0 Å². The molecule has 7 heteroatoms. The number of thioether (sulfide) groups is 1. The molecule has 6 nitrogen and oxygen atoms in total. The number of nitrogens with zero attached hydrogens (tertiary/aromatic N) is 3. The monoisotopic (exact) mass is 339 g/mol. The minimum Gasteiger partial charge on any atom is -0.268 e. The van der Waals surface area contributed by atoms with E-state index in [0.29, 0.717) is 16.3 Å². The van der Waals surface area contributed by atoms with Gasteiger partial charge in [0, 0.05) is 18.3 Å². The maximum atomic E-state index is 12.9. The molecule has 0 aliphatic rings. The third-order valence-electron chi connectivity index (χ3n) is 3.51. The number of hydrogen-bond acceptors (Lipinski definition) is 5. The number of aromatic nitrogens is 2. The maximum Gasteiger partial charge on any atom is 0.269 e. The largest absolute Gasteiger partial charge is 0.269 e. The maximum absolute atomic E-state index is 12.9. The van der Waals surface area contributed by atoms with Crippen LogP contribution in [0.5, 0.6) is 0 Å². The first-order valence-corrected chi connectivity index (χ1v) is 8.30. The molecule has 0 N–H and O–H groups in total. The van der Waals surface area contributed by atoms with Crippen molar-refractivity contribution < 1.29 is 4.92 Å². The topological polar surface area (TPSA) is 78.0 Å². The van der Waals surface area contributed by atoms with Crippen molar-refractivity contribution in [3.05, 3.63) is 81.3 Å². The van der Waals surface area contributed by atoms with E-state index >= 15 is 0 Å². The van der Waals surface area contributed by atoms with Crippen LogP contribution < -0.4 is 5.56 Å². The van der Waals surface area contributed by atoms with E-state index in [4.69, 9.17) is 0 Å². The van der Waals surface area contributed by atoms with Crippen molar-refractivity contribution in [1.29, 1.82) is 0 Å². The van der Waals surface area contributed by atoms with Crippen molar-refractivity contribution in [2.75, 3.05) is 6.26 Å². The quantitative estimate of drug-likeness (QED) is 0.314. The summed E-state index contributed by atoms with van der Waals surface area (Å²) in [7, 11) is 0. The number of rotatable bonds is 4. The molecule has 0 aliphatic carbocycles. The van der Waals surface area contributed by atoms with Gasteiger partial charge in [0.1, 0.15) is 0 Å². The summed E-state index contributed by atoms with van der Waals surface area (Å²) >= 11 is 1.38. The van der Waals surface area contributed by atoms with Crippen molar-refractivity contribution in [2.24, 2.45) is 0 Å². The van der Waals surface area contributed by atoms with Crippen molar-refractivity contribution >= 4 is 17.4 Å². The second kappa shape index (κ2) is 6.67. The van der Waals surface area contributed by atoms with Crippen molar-refractivity contribution in [3.8, 4) is 16.8 Å². The third kappa shape index (κ3) is 2.93. The van der Waals surface area contributed by atoms with Crippen LogP contribution in [0, 0.1) is 10.1 Å². The molecule has 0 amide bonds. The fraction of sp³-hybridized carbons (Fsp3) is 0.0588. The van der Waals surface area contributed by atoms with Gasteiger partial charge in [0.15, 0.2) is 5.16 Å². The van der Waals surface area contributed by atoms with E-state index in [0.717, 1.165) is 5.69 Å². The highest BCUT2D eigenvalue weighted by Gasteiger charge is 2.14. The van der Waals surface area contributed by atoms with Gasteiger partial charge in [0.2, 0.25) is 0 Å². The van der Waals surface area contributed by atoms with Crippen LogP contribution in [-0.4, -0.2) is 20.7 Å². The normalized spacial score (nSPS) is 10.5. The van der Waals surface area contributed by atoms with Crippen LogP contribution in [0.4, 0.5) is 5.69 Å². The molecule has 0 radical (unpaired) electrons. The van der Waals surface area contributed by atoms with Gasteiger partial charge in [-0.15, -0.1) is 0 Å². The lowest BCUT2D eigenvalue weighted by Gasteiger charge is -2.12. The fourth-order valence-corrected chi connectivity index (χ4v) is 2.88. The summed E-state index contributed by atoms with van der Waals surface area (Å²) in [5.41, 5.74) is 1.48. The highest BCUT2D eigenvalue weighted by atomic mass is 32.2. The Hall–Kier alpha value is -2.93. The molecule has 2 aromatic carbocycles. The van der Waals surface area contributed by atoms with Gasteiger partial charge in [-0.05, 0) is 36.1 Å². The standard InChI is InChI=1S/C17H13N3O3S/c1-24-17-18-11-15(12-7-9-14(10-8-12)20(22)23)16(21)19(17)13-5-3-2-4-6-13/h2-11H,1H3. The van der Waals surface area contributed by atoms with Crippen molar-refractivity contribution in [2.45, 2.75) is 5.16 Å². The Bertz CT molecular complexity index is 938. The van der Waals surface area contributed by atoms with E-state index in [9.17, 15) is 14.9 Å². The summed E-state index contributed by atoms with van der Waals surface area (Å²) in [6.07, 6.45) is 3.36. The second-order valence-corrected chi connectivity index (χ2v) is 5.71. The van der Waals surface area contributed by atoms with Gasteiger partial charge in [0.05, 0.1) is 16.2 Å². The van der Waals surface area contributed by atoms with Crippen LogP contribution in [-0.2, 0) is 0 Å². The summed E-state index contributed by atoms with van der Waals surface area (Å²) in [4.78, 5) is 27.6. The molecule has 3 aromatic rings. The molecule has 0 unspecified atom stereocenters.